The zero-order chi connectivity index (χ0) is 15.6. The fourth-order valence-corrected chi connectivity index (χ4v) is 3.31. The predicted molar refractivity (Wildman–Crippen MR) is 93.8 cm³/mol. The summed E-state index contributed by atoms with van der Waals surface area (Å²) >= 11 is 12.3. The van der Waals surface area contributed by atoms with E-state index >= 15 is 0 Å². The molecule has 1 N–H and O–H groups in total. The van der Waals surface area contributed by atoms with Crippen LogP contribution in [-0.2, 0) is 0 Å². The highest BCUT2D eigenvalue weighted by Gasteiger charge is 2.15. The maximum absolute atomic E-state index is 6.35. The normalized spacial score (nSPS) is 12.3. The van der Waals surface area contributed by atoms with Gasteiger partial charge in [0.25, 0.3) is 0 Å². The highest BCUT2D eigenvalue weighted by Crippen LogP contribution is 2.33. The Bertz CT molecular complexity index is 627. The first-order valence-corrected chi connectivity index (χ1v) is 7.97. The molecule has 112 valence electrons. The lowest BCUT2D eigenvalue weighted by molar-refractivity contribution is 0.747. The first kappa shape index (κ1) is 16.2. The highest BCUT2D eigenvalue weighted by atomic mass is 35.5. The van der Waals surface area contributed by atoms with E-state index in [0.29, 0.717) is 10.0 Å². The third-order valence-corrected chi connectivity index (χ3v) is 4.30. The Hall–Kier alpha value is -1.18. The molecule has 3 heteroatoms. The van der Waals surface area contributed by atoms with Gasteiger partial charge in [0.1, 0.15) is 0 Å². The van der Waals surface area contributed by atoms with Gasteiger partial charge in [0.15, 0.2) is 0 Å². The SMILES string of the molecule is CCC(Nc1c(C)cc(C)cc1C)c1ccc(Cl)cc1Cl. The van der Waals surface area contributed by atoms with Crippen LogP contribution in [0.4, 0.5) is 5.69 Å². The number of rotatable bonds is 4. The van der Waals surface area contributed by atoms with E-state index in [1.807, 2.05) is 12.1 Å². The van der Waals surface area contributed by atoms with Gasteiger partial charge in [-0.25, -0.2) is 0 Å². The van der Waals surface area contributed by atoms with E-state index in [2.05, 4.69) is 45.1 Å². The van der Waals surface area contributed by atoms with Gasteiger partial charge < -0.3 is 5.32 Å². The molecule has 0 aliphatic rings. The molecule has 0 radical (unpaired) electrons. The van der Waals surface area contributed by atoms with Crippen LogP contribution in [0.25, 0.3) is 0 Å². The number of nitrogens with one attached hydrogen (secondary N) is 1. The van der Waals surface area contributed by atoms with Crippen molar-refractivity contribution < 1.29 is 0 Å². The second-order valence-corrected chi connectivity index (χ2v) is 6.39. The van der Waals surface area contributed by atoms with Crippen LogP contribution in [0.2, 0.25) is 10.0 Å². The van der Waals surface area contributed by atoms with Gasteiger partial charge in [-0.15, -0.1) is 0 Å². The Morgan fingerprint density at radius 3 is 2.14 bits per heavy atom. The molecule has 2 aromatic rings. The summed E-state index contributed by atoms with van der Waals surface area (Å²) in [6, 6.07) is 10.3. The fourth-order valence-electron chi connectivity index (χ4n) is 2.77. The first-order chi connectivity index (χ1) is 9.92. The van der Waals surface area contributed by atoms with Crippen molar-refractivity contribution in [2.45, 2.75) is 40.2 Å². The minimum absolute atomic E-state index is 0.176. The van der Waals surface area contributed by atoms with Crippen molar-refractivity contribution in [2.75, 3.05) is 5.32 Å². The molecule has 0 aliphatic heterocycles. The molecule has 0 saturated heterocycles. The lowest BCUT2D eigenvalue weighted by atomic mass is 10.0. The summed E-state index contributed by atoms with van der Waals surface area (Å²) in [5, 5.41) is 5.02. The number of anilines is 1. The van der Waals surface area contributed by atoms with Crippen LogP contribution in [0.15, 0.2) is 30.3 Å². The van der Waals surface area contributed by atoms with Crippen LogP contribution in [0.5, 0.6) is 0 Å². The average Bonchev–Trinajstić information content (AvgIpc) is 2.39. The predicted octanol–water partition coefficient (Wildman–Crippen LogP) is 6.48. The van der Waals surface area contributed by atoms with Gasteiger partial charge in [0.2, 0.25) is 0 Å². The Morgan fingerprint density at radius 1 is 1.00 bits per heavy atom. The Labute approximate surface area is 137 Å². The number of benzene rings is 2. The molecule has 0 bridgehead atoms. The average molecular weight is 322 g/mol. The van der Waals surface area contributed by atoms with E-state index in [0.717, 1.165) is 12.0 Å². The van der Waals surface area contributed by atoms with Crippen molar-refractivity contribution in [3.8, 4) is 0 Å². The van der Waals surface area contributed by atoms with Crippen LogP contribution in [-0.4, -0.2) is 0 Å². The van der Waals surface area contributed by atoms with Gasteiger partial charge in [-0.1, -0.05) is 53.9 Å². The topological polar surface area (TPSA) is 12.0 Å². The van der Waals surface area contributed by atoms with Gasteiger partial charge in [-0.05, 0) is 56.0 Å². The maximum Gasteiger partial charge on any atom is 0.0526 e. The minimum Gasteiger partial charge on any atom is -0.378 e. The largest absolute Gasteiger partial charge is 0.378 e. The third-order valence-electron chi connectivity index (χ3n) is 3.74. The lowest BCUT2D eigenvalue weighted by Gasteiger charge is -2.23. The Morgan fingerprint density at radius 2 is 1.62 bits per heavy atom. The first-order valence-electron chi connectivity index (χ1n) is 7.21. The van der Waals surface area contributed by atoms with E-state index in [9.17, 15) is 0 Å². The molecule has 0 aliphatic carbocycles. The number of aryl methyl sites for hydroxylation is 3. The molecule has 0 amide bonds. The molecule has 2 rings (SSSR count). The van der Waals surface area contributed by atoms with Crippen molar-refractivity contribution in [1.82, 2.24) is 0 Å². The quantitative estimate of drug-likeness (QED) is 0.679. The molecule has 1 nitrogen and oxygen atoms in total. The van der Waals surface area contributed by atoms with Gasteiger partial charge in [-0.2, -0.15) is 0 Å². The van der Waals surface area contributed by atoms with Crippen LogP contribution in [0.1, 0.15) is 41.6 Å². The molecule has 0 heterocycles. The summed E-state index contributed by atoms with van der Waals surface area (Å²) in [6.07, 6.45) is 0.952. The molecular formula is C18H21Cl2N. The maximum atomic E-state index is 6.35. The second-order valence-electron chi connectivity index (χ2n) is 5.54. The number of hydrogen-bond acceptors (Lipinski definition) is 1. The zero-order valence-corrected chi connectivity index (χ0v) is 14.4. The molecule has 0 aromatic heterocycles. The van der Waals surface area contributed by atoms with Crippen LogP contribution in [0, 0.1) is 20.8 Å². The summed E-state index contributed by atoms with van der Waals surface area (Å²) < 4.78 is 0. The number of hydrogen-bond donors (Lipinski definition) is 1. The minimum atomic E-state index is 0.176. The smallest absolute Gasteiger partial charge is 0.0526 e. The molecule has 21 heavy (non-hydrogen) atoms. The standard InChI is InChI=1S/C18H21Cl2N/c1-5-17(15-7-6-14(19)10-16(15)20)21-18-12(3)8-11(2)9-13(18)4/h6-10,17,21H,5H2,1-4H3. The lowest BCUT2D eigenvalue weighted by Crippen LogP contribution is -2.12. The van der Waals surface area contributed by atoms with E-state index in [-0.39, 0.29) is 6.04 Å². The Balaban J connectivity index is 2.36. The van der Waals surface area contributed by atoms with Crippen molar-refractivity contribution in [3.63, 3.8) is 0 Å². The molecule has 0 spiro atoms. The van der Waals surface area contributed by atoms with E-state index in [4.69, 9.17) is 23.2 Å². The van der Waals surface area contributed by atoms with E-state index in [1.165, 1.54) is 22.4 Å². The van der Waals surface area contributed by atoms with Crippen molar-refractivity contribution >= 4 is 28.9 Å². The highest BCUT2D eigenvalue weighted by molar-refractivity contribution is 6.35. The number of halogens is 2. The fraction of sp³-hybridized carbons (Fsp3) is 0.333. The molecule has 0 fully saturated rings. The van der Waals surface area contributed by atoms with Crippen molar-refractivity contribution in [1.29, 1.82) is 0 Å². The Kier molecular flexibility index (Phi) is 5.18. The second kappa shape index (κ2) is 6.72. The van der Waals surface area contributed by atoms with Crippen LogP contribution >= 0.6 is 23.2 Å². The zero-order valence-electron chi connectivity index (χ0n) is 12.9. The monoisotopic (exact) mass is 321 g/mol. The summed E-state index contributed by atoms with van der Waals surface area (Å²) in [6.45, 7) is 8.55. The summed E-state index contributed by atoms with van der Waals surface area (Å²) in [5.74, 6) is 0. The summed E-state index contributed by atoms with van der Waals surface area (Å²) in [7, 11) is 0. The van der Waals surface area contributed by atoms with Crippen molar-refractivity contribution in [2.24, 2.45) is 0 Å². The summed E-state index contributed by atoms with van der Waals surface area (Å²) in [4.78, 5) is 0. The van der Waals surface area contributed by atoms with Crippen molar-refractivity contribution in [3.05, 3.63) is 62.6 Å². The molecule has 2 aromatic carbocycles. The van der Waals surface area contributed by atoms with Gasteiger partial charge in [0.05, 0.1) is 6.04 Å². The molecule has 1 atom stereocenters. The van der Waals surface area contributed by atoms with Crippen LogP contribution < -0.4 is 5.32 Å². The van der Waals surface area contributed by atoms with Gasteiger partial charge in [0, 0.05) is 15.7 Å². The summed E-state index contributed by atoms with van der Waals surface area (Å²) in [5.41, 5.74) is 6.08. The van der Waals surface area contributed by atoms with Gasteiger partial charge in [-0.3, -0.25) is 0 Å². The van der Waals surface area contributed by atoms with E-state index < -0.39 is 0 Å². The molecule has 0 saturated carbocycles. The third kappa shape index (κ3) is 3.72. The molecular weight excluding hydrogens is 301 g/mol. The van der Waals surface area contributed by atoms with E-state index in [1.54, 1.807) is 6.07 Å². The molecule has 1 unspecified atom stereocenters. The van der Waals surface area contributed by atoms with Crippen LogP contribution in [0.3, 0.4) is 0 Å². The van der Waals surface area contributed by atoms with Gasteiger partial charge >= 0.3 is 0 Å².